The lowest BCUT2D eigenvalue weighted by Gasteiger charge is -2.15. The minimum atomic E-state index is -0.711. The number of ketones is 1. The molecule has 1 atom stereocenters. The van der Waals surface area contributed by atoms with Crippen molar-refractivity contribution in [1.82, 2.24) is 5.32 Å². The van der Waals surface area contributed by atoms with Crippen molar-refractivity contribution in [3.05, 3.63) is 58.6 Å². The molecule has 8 heteroatoms. The Morgan fingerprint density at radius 2 is 1.72 bits per heavy atom. The fraction of sp³-hybridized carbons (Fsp3) is 0.286. The van der Waals surface area contributed by atoms with Gasteiger partial charge in [0.2, 0.25) is 0 Å². The fourth-order valence-corrected chi connectivity index (χ4v) is 2.57. The topological polar surface area (TPSA) is 90.9 Å². The molecule has 0 spiro atoms. The first-order chi connectivity index (χ1) is 13.8. The Morgan fingerprint density at radius 3 is 2.34 bits per heavy atom. The monoisotopic (exact) mass is 419 g/mol. The second-order valence-electron chi connectivity index (χ2n) is 6.21. The smallest absolute Gasteiger partial charge is 0.344 e. The molecule has 0 aliphatic carbocycles. The molecule has 0 aliphatic heterocycles. The maximum Gasteiger partial charge on any atom is 0.344 e. The van der Waals surface area contributed by atoms with Crippen LogP contribution >= 0.6 is 11.6 Å². The van der Waals surface area contributed by atoms with Crippen LogP contribution < -0.4 is 14.8 Å². The Balaban J connectivity index is 1.80. The third-order valence-electron chi connectivity index (χ3n) is 4.03. The molecule has 0 unspecified atom stereocenters. The molecule has 2 rings (SSSR count). The molecule has 0 heterocycles. The summed E-state index contributed by atoms with van der Waals surface area (Å²) >= 11 is 5.84. The van der Waals surface area contributed by atoms with Crippen molar-refractivity contribution in [2.45, 2.75) is 19.9 Å². The highest BCUT2D eigenvalue weighted by atomic mass is 35.5. The van der Waals surface area contributed by atoms with Crippen molar-refractivity contribution < 1.29 is 28.6 Å². The van der Waals surface area contributed by atoms with Crippen LogP contribution in [0.2, 0.25) is 5.02 Å². The van der Waals surface area contributed by atoms with Gasteiger partial charge in [0, 0.05) is 10.6 Å². The molecule has 2 aromatic rings. The third kappa shape index (κ3) is 6.80. The number of hydrogen-bond donors (Lipinski definition) is 1. The van der Waals surface area contributed by atoms with E-state index in [9.17, 15) is 14.4 Å². The van der Waals surface area contributed by atoms with Gasteiger partial charge in [0.05, 0.1) is 13.2 Å². The van der Waals surface area contributed by atoms with E-state index in [0.29, 0.717) is 16.3 Å². The number of halogens is 1. The predicted molar refractivity (Wildman–Crippen MR) is 107 cm³/mol. The number of amides is 1. The van der Waals surface area contributed by atoms with Gasteiger partial charge >= 0.3 is 5.97 Å². The first-order valence-electron chi connectivity index (χ1n) is 8.82. The highest BCUT2D eigenvalue weighted by Crippen LogP contribution is 2.28. The molecule has 0 saturated carbocycles. The van der Waals surface area contributed by atoms with Crippen LogP contribution in [0.5, 0.6) is 11.5 Å². The molecule has 2 aromatic carbocycles. The number of hydrogen-bond acceptors (Lipinski definition) is 6. The van der Waals surface area contributed by atoms with Gasteiger partial charge in [-0.3, -0.25) is 9.59 Å². The molecule has 1 N–H and O–H groups in total. The Morgan fingerprint density at radius 1 is 1.03 bits per heavy atom. The van der Waals surface area contributed by atoms with Crippen molar-refractivity contribution in [1.29, 1.82) is 0 Å². The summed E-state index contributed by atoms with van der Waals surface area (Å²) in [5.41, 5.74) is 1.33. The number of benzene rings is 2. The van der Waals surface area contributed by atoms with Gasteiger partial charge in [0.25, 0.3) is 5.91 Å². The molecule has 0 bridgehead atoms. The lowest BCUT2D eigenvalue weighted by Crippen LogP contribution is -2.31. The van der Waals surface area contributed by atoms with Crippen LogP contribution in [0, 0.1) is 0 Å². The summed E-state index contributed by atoms with van der Waals surface area (Å²) < 4.78 is 15.4. The van der Waals surface area contributed by atoms with Gasteiger partial charge in [-0.25, -0.2) is 4.79 Å². The Labute approximate surface area is 173 Å². The molecule has 1 amide bonds. The minimum Gasteiger partial charge on any atom is -0.493 e. The summed E-state index contributed by atoms with van der Waals surface area (Å²) in [4.78, 5) is 35.2. The van der Waals surface area contributed by atoms with Gasteiger partial charge in [0.1, 0.15) is 0 Å². The molecular formula is C21H22ClNO6. The van der Waals surface area contributed by atoms with E-state index in [1.54, 1.807) is 30.3 Å². The van der Waals surface area contributed by atoms with E-state index >= 15 is 0 Å². The minimum absolute atomic E-state index is 0.117. The molecular weight excluding hydrogens is 398 g/mol. The summed E-state index contributed by atoms with van der Waals surface area (Å²) in [5, 5.41) is 3.33. The van der Waals surface area contributed by atoms with Crippen LogP contribution in [0.1, 0.15) is 35.8 Å². The lowest BCUT2D eigenvalue weighted by atomic mass is 10.1. The lowest BCUT2D eigenvalue weighted by molar-refractivity contribution is -0.150. The van der Waals surface area contributed by atoms with Crippen LogP contribution in [0.3, 0.4) is 0 Å². The van der Waals surface area contributed by atoms with Crippen LogP contribution in [0.15, 0.2) is 42.5 Å². The SMILES string of the molecule is COc1cc(C(C)=O)ccc1OCC(=O)OCC(=O)N[C@@H](C)c1ccc(Cl)cc1. The van der Waals surface area contributed by atoms with Crippen LogP contribution in [-0.4, -0.2) is 38.0 Å². The van der Waals surface area contributed by atoms with Crippen molar-refractivity contribution in [3.63, 3.8) is 0 Å². The zero-order chi connectivity index (χ0) is 21.4. The molecule has 29 heavy (non-hydrogen) atoms. The first kappa shape index (κ1) is 22.2. The number of nitrogens with one attached hydrogen (secondary N) is 1. The standard InChI is InChI=1S/C21H22ClNO6/c1-13(15-4-7-17(22)8-5-15)23-20(25)11-29-21(26)12-28-18-9-6-16(14(2)24)10-19(18)27-3/h4-10,13H,11-12H2,1-3H3,(H,23,25)/t13-/m0/s1. The largest absolute Gasteiger partial charge is 0.493 e. The second-order valence-corrected chi connectivity index (χ2v) is 6.65. The van der Waals surface area contributed by atoms with E-state index in [1.807, 2.05) is 6.92 Å². The third-order valence-corrected chi connectivity index (χ3v) is 4.28. The number of esters is 1. The van der Waals surface area contributed by atoms with Crippen LogP contribution in [0.25, 0.3) is 0 Å². The van der Waals surface area contributed by atoms with Gasteiger partial charge in [-0.05, 0) is 49.7 Å². The zero-order valence-corrected chi connectivity index (χ0v) is 17.1. The summed E-state index contributed by atoms with van der Waals surface area (Å²) in [7, 11) is 1.43. The van der Waals surface area contributed by atoms with Gasteiger partial charge in [0.15, 0.2) is 30.5 Å². The summed E-state index contributed by atoms with van der Waals surface area (Å²) in [6.07, 6.45) is 0. The van der Waals surface area contributed by atoms with Gasteiger partial charge in [-0.15, -0.1) is 0 Å². The van der Waals surface area contributed by atoms with Crippen molar-refractivity contribution in [3.8, 4) is 11.5 Å². The molecule has 0 radical (unpaired) electrons. The number of carbonyl (C=O) groups excluding carboxylic acids is 3. The Bertz CT molecular complexity index is 881. The maximum atomic E-state index is 12.0. The molecule has 0 aliphatic rings. The first-order valence-corrected chi connectivity index (χ1v) is 9.20. The zero-order valence-electron chi connectivity index (χ0n) is 16.4. The highest BCUT2D eigenvalue weighted by Gasteiger charge is 2.14. The van der Waals surface area contributed by atoms with Gasteiger partial charge in [-0.2, -0.15) is 0 Å². The van der Waals surface area contributed by atoms with E-state index in [4.69, 9.17) is 25.8 Å². The summed E-state index contributed by atoms with van der Waals surface area (Å²) in [6, 6.07) is 11.4. The Hall–Kier alpha value is -3.06. The number of carbonyl (C=O) groups is 3. The van der Waals surface area contributed by atoms with Crippen molar-refractivity contribution in [2.24, 2.45) is 0 Å². The van der Waals surface area contributed by atoms with E-state index in [2.05, 4.69) is 5.32 Å². The number of ether oxygens (including phenoxy) is 3. The van der Waals surface area contributed by atoms with E-state index in [1.165, 1.54) is 26.2 Å². The molecule has 0 aromatic heterocycles. The van der Waals surface area contributed by atoms with Crippen LogP contribution in [0.4, 0.5) is 0 Å². The molecule has 0 saturated heterocycles. The maximum absolute atomic E-state index is 12.0. The second kappa shape index (κ2) is 10.5. The number of rotatable bonds is 9. The molecule has 154 valence electrons. The van der Waals surface area contributed by atoms with E-state index in [-0.39, 0.29) is 17.6 Å². The average Bonchev–Trinajstić information content (AvgIpc) is 2.70. The quantitative estimate of drug-likeness (QED) is 0.495. The van der Waals surface area contributed by atoms with E-state index < -0.39 is 25.1 Å². The number of methoxy groups -OCH3 is 1. The average molecular weight is 420 g/mol. The summed E-state index contributed by atoms with van der Waals surface area (Å²) in [6.45, 7) is 2.41. The van der Waals surface area contributed by atoms with Crippen LogP contribution in [-0.2, 0) is 14.3 Å². The number of Topliss-reactive ketones (excluding diaryl/α,β-unsaturated/α-hetero) is 1. The van der Waals surface area contributed by atoms with Crippen molar-refractivity contribution >= 4 is 29.3 Å². The Kier molecular flexibility index (Phi) is 8.03. The van der Waals surface area contributed by atoms with E-state index in [0.717, 1.165) is 5.56 Å². The fourth-order valence-electron chi connectivity index (χ4n) is 2.45. The molecule has 7 nitrogen and oxygen atoms in total. The van der Waals surface area contributed by atoms with Crippen molar-refractivity contribution in [2.75, 3.05) is 20.3 Å². The van der Waals surface area contributed by atoms with Gasteiger partial charge in [-0.1, -0.05) is 23.7 Å². The predicted octanol–water partition coefficient (Wildman–Crippen LogP) is 3.35. The molecule has 0 fully saturated rings. The van der Waals surface area contributed by atoms with Gasteiger partial charge < -0.3 is 19.5 Å². The highest BCUT2D eigenvalue weighted by molar-refractivity contribution is 6.30. The summed E-state index contributed by atoms with van der Waals surface area (Å²) in [5.74, 6) is -0.662. The normalized spacial score (nSPS) is 11.3.